The number of nitrogens with zero attached hydrogens (tertiary/aromatic N) is 3. The predicted octanol–water partition coefficient (Wildman–Crippen LogP) is 2.00. The van der Waals surface area contributed by atoms with Crippen molar-refractivity contribution in [3.05, 3.63) is 53.6 Å². The van der Waals surface area contributed by atoms with Crippen LogP contribution in [-0.2, 0) is 12.1 Å². The van der Waals surface area contributed by atoms with E-state index >= 15 is 0 Å². The molecule has 0 spiro atoms. The molecule has 2 aromatic rings. The molecule has 1 heterocycles. The van der Waals surface area contributed by atoms with Gasteiger partial charge < -0.3 is 10.3 Å². The van der Waals surface area contributed by atoms with Crippen molar-refractivity contribution in [2.45, 2.75) is 25.9 Å². The minimum Gasteiger partial charge on any atom is -0.328 e. The molecule has 0 fully saturated rings. The minimum atomic E-state index is -0.414. The lowest BCUT2D eigenvalue weighted by Crippen LogP contribution is -2.31. The first kappa shape index (κ1) is 12.3. The Labute approximate surface area is 107 Å². The lowest BCUT2D eigenvalue weighted by atomic mass is 10.0. The summed E-state index contributed by atoms with van der Waals surface area (Å²) in [6, 6.07) is 9.65. The molecule has 0 aliphatic carbocycles. The molecule has 0 unspecified atom stereocenters. The Kier molecular flexibility index (Phi) is 3.17. The van der Waals surface area contributed by atoms with Crippen molar-refractivity contribution >= 4 is 0 Å². The van der Waals surface area contributed by atoms with Gasteiger partial charge in [0.25, 0.3) is 0 Å². The molecule has 4 nitrogen and oxygen atoms in total. The van der Waals surface area contributed by atoms with Crippen molar-refractivity contribution in [1.82, 2.24) is 9.55 Å². The molecule has 2 rings (SSSR count). The smallest absolute Gasteiger partial charge is 0.0991 e. The van der Waals surface area contributed by atoms with Gasteiger partial charge in [-0.3, -0.25) is 0 Å². The fourth-order valence-corrected chi connectivity index (χ4v) is 1.86. The molecule has 18 heavy (non-hydrogen) atoms. The van der Waals surface area contributed by atoms with E-state index in [0.29, 0.717) is 12.1 Å². The summed E-state index contributed by atoms with van der Waals surface area (Å²) < 4.78 is 2.03. The van der Waals surface area contributed by atoms with Crippen LogP contribution in [0.5, 0.6) is 0 Å². The van der Waals surface area contributed by atoms with E-state index in [0.717, 1.165) is 11.3 Å². The molecule has 0 radical (unpaired) electrons. The Morgan fingerprint density at radius 2 is 2.00 bits per heavy atom. The fourth-order valence-electron chi connectivity index (χ4n) is 1.86. The molecule has 0 saturated carbocycles. The van der Waals surface area contributed by atoms with Gasteiger partial charge in [0.05, 0.1) is 29.2 Å². The van der Waals surface area contributed by atoms with Crippen LogP contribution in [0.25, 0.3) is 0 Å². The van der Waals surface area contributed by atoms with E-state index in [1.807, 2.05) is 42.7 Å². The van der Waals surface area contributed by atoms with E-state index in [4.69, 9.17) is 11.0 Å². The van der Waals surface area contributed by atoms with Crippen LogP contribution in [0.15, 0.2) is 36.8 Å². The van der Waals surface area contributed by atoms with Gasteiger partial charge in [0, 0.05) is 12.7 Å². The van der Waals surface area contributed by atoms with Crippen molar-refractivity contribution in [2.75, 3.05) is 0 Å². The zero-order chi connectivity index (χ0) is 13.2. The molecule has 0 amide bonds. The van der Waals surface area contributed by atoms with Gasteiger partial charge in [0.2, 0.25) is 0 Å². The standard InChI is InChI=1S/C14H16N4/c1-14(2,16)13-8-17-10-18(13)9-12-5-3-11(7-15)4-6-12/h3-6,8,10H,9,16H2,1-2H3. The Morgan fingerprint density at radius 1 is 1.33 bits per heavy atom. The molecule has 1 aromatic heterocycles. The van der Waals surface area contributed by atoms with Crippen LogP contribution in [0, 0.1) is 11.3 Å². The van der Waals surface area contributed by atoms with Crippen LogP contribution < -0.4 is 5.73 Å². The van der Waals surface area contributed by atoms with Gasteiger partial charge in [-0.15, -0.1) is 0 Å². The van der Waals surface area contributed by atoms with Gasteiger partial charge >= 0.3 is 0 Å². The van der Waals surface area contributed by atoms with Crippen molar-refractivity contribution in [3.63, 3.8) is 0 Å². The molecule has 4 heteroatoms. The zero-order valence-corrected chi connectivity index (χ0v) is 10.6. The highest BCUT2D eigenvalue weighted by Gasteiger charge is 2.18. The molecule has 92 valence electrons. The average molecular weight is 240 g/mol. The van der Waals surface area contributed by atoms with Crippen LogP contribution in [0.2, 0.25) is 0 Å². The van der Waals surface area contributed by atoms with Crippen LogP contribution >= 0.6 is 0 Å². The maximum absolute atomic E-state index is 8.75. The van der Waals surface area contributed by atoms with Crippen molar-refractivity contribution in [3.8, 4) is 6.07 Å². The van der Waals surface area contributed by atoms with Gasteiger partial charge in [-0.05, 0) is 31.5 Å². The second-order valence-electron chi connectivity index (χ2n) is 4.94. The van der Waals surface area contributed by atoms with Gasteiger partial charge in [-0.25, -0.2) is 4.98 Å². The highest BCUT2D eigenvalue weighted by molar-refractivity contribution is 5.31. The first-order valence-electron chi connectivity index (χ1n) is 5.79. The SMILES string of the molecule is CC(C)(N)c1cncn1Cc1ccc(C#N)cc1. The second kappa shape index (κ2) is 4.63. The highest BCUT2D eigenvalue weighted by atomic mass is 15.1. The number of nitriles is 1. The predicted molar refractivity (Wildman–Crippen MR) is 69.7 cm³/mol. The Morgan fingerprint density at radius 3 is 2.56 bits per heavy atom. The van der Waals surface area contributed by atoms with Crippen molar-refractivity contribution in [2.24, 2.45) is 5.73 Å². The summed E-state index contributed by atoms with van der Waals surface area (Å²) in [7, 11) is 0. The first-order chi connectivity index (χ1) is 8.50. The molecule has 0 atom stereocenters. The lowest BCUT2D eigenvalue weighted by molar-refractivity contribution is 0.503. The topological polar surface area (TPSA) is 67.6 Å². The number of hydrogen-bond acceptors (Lipinski definition) is 3. The number of rotatable bonds is 3. The monoisotopic (exact) mass is 240 g/mol. The number of benzene rings is 1. The summed E-state index contributed by atoms with van der Waals surface area (Å²) in [4.78, 5) is 4.15. The van der Waals surface area contributed by atoms with Crippen LogP contribution in [0.3, 0.4) is 0 Å². The van der Waals surface area contributed by atoms with Gasteiger partial charge in [0.15, 0.2) is 0 Å². The van der Waals surface area contributed by atoms with E-state index in [1.54, 1.807) is 12.5 Å². The van der Waals surface area contributed by atoms with Crippen LogP contribution in [0.1, 0.15) is 30.7 Å². The first-order valence-corrected chi connectivity index (χ1v) is 5.79. The molecule has 0 aliphatic rings. The van der Waals surface area contributed by atoms with Gasteiger partial charge in [0.1, 0.15) is 0 Å². The summed E-state index contributed by atoms with van der Waals surface area (Å²) in [5.74, 6) is 0. The summed E-state index contributed by atoms with van der Waals surface area (Å²) in [5, 5.41) is 8.75. The third kappa shape index (κ3) is 2.58. The molecule has 0 saturated heterocycles. The van der Waals surface area contributed by atoms with Gasteiger partial charge in [-0.2, -0.15) is 5.26 Å². The van der Waals surface area contributed by atoms with Crippen molar-refractivity contribution in [1.29, 1.82) is 5.26 Å². The van der Waals surface area contributed by atoms with Crippen LogP contribution in [0.4, 0.5) is 0 Å². The molecular weight excluding hydrogens is 224 g/mol. The van der Waals surface area contributed by atoms with Crippen molar-refractivity contribution < 1.29 is 0 Å². The second-order valence-corrected chi connectivity index (χ2v) is 4.94. The molecule has 0 aliphatic heterocycles. The van der Waals surface area contributed by atoms with E-state index in [2.05, 4.69) is 11.1 Å². The Balaban J connectivity index is 2.24. The molecular formula is C14H16N4. The maximum atomic E-state index is 8.75. The Hall–Kier alpha value is -2.12. The van der Waals surface area contributed by atoms with E-state index < -0.39 is 5.54 Å². The number of imidazole rings is 1. The molecule has 0 bridgehead atoms. The minimum absolute atomic E-state index is 0.414. The summed E-state index contributed by atoms with van der Waals surface area (Å²) >= 11 is 0. The highest BCUT2D eigenvalue weighted by Crippen LogP contribution is 2.17. The van der Waals surface area contributed by atoms with Crippen LogP contribution in [-0.4, -0.2) is 9.55 Å². The zero-order valence-electron chi connectivity index (χ0n) is 10.6. The number of aromatic nitrogens is 2. The van der Waals surface area contributed by atoms with E-state index in [-0.39, 0.29) is 0 Å². The fraction of sp³-hybridized carbons (Fsp3) is 0.286. The lowest BCUT2D eigenvalue weighted by Gasteiger charge is -2.20. The molecule has 1 aromatic carbocycles. The quantitative estimate of drug-likeness (QED) is 0.892. The summed E-state index contributed by atoms with van der Waals surface area (Å²) in [6.45, 7) is 4.63. The van der Waals surface area contributed by atoms with Gasteiger partial charge in [-0.1, -0.05) is 12.1 Å². The molecule has 2 N–H and O–H groups in total. The van der Waals surface area contributed by atoms with E-state index in [1.165, 1.54) is 0 Å². The average Bonchev–Trinajstić information content (AvgIpc) is 2.78. The number of hydrogen-bond donors (Lipinski definition) is 1. The normalized spacial score (nSPS) is 11.2. The number of nitrogens with two attached hydrogens (primary N) is 1. The third-order valence-electron chi connectivity index (χ3n) is 2.81. The summed E-state index contributed by atoms with van der Waals surface area (Å²) in [6.07, 6.45) is 3.58. The third-order valence-corrected chi connectivity index (χ3v) is 2.81. The summed E-state index contributed by atoms with van der Waals surface area (Å²) in [5.41, 5.74) is 8.47. The maximum Gasteiger partial charge on any atom is 0.0991 e. The Bertz CT molecular complexity index is 567. The van der Waals surface area contributed by atoms with E-state index in [9.17, 15) is 0 Å². The largest absolute Gasteiger partial charge is 0.328 e.